The van der Waals surface area contributed by atoms with Gasteiger partial charge in [0.25, 0.3) is 0 Å². The molecule has 0 aliphatic heterocycles. The predicted molar refractivity (Wildman–Crippen MR) is 91.3 cm³/mol. The van der Waals surface area contributed by atoms with Gasteiger partial charge in [-0.2, -0.15) is 0 Å². The molecule has 2 N–H and O–H groups in total. The SMILES string of the molecule is CCC(C)CC(C)C(c1ccc(O)cc1)c1ccc(O)cc1. The smallest absolute Gasteiger partial charge is 0.115 e. The molecule has 0 saturated heterocycles. The van der Waals surface area contributed by atoms with Gasteiger partial charge in [0.1, 0.15) is 11.5 Å². The van der Waals surface area contributed by atoms with Crippen molar-refractivity contribution in [3.05, 3.63) is 59.7 Å². The van der Waals surface area contributed by atoms with Crippen LogP contribution >= 0.6 is 0 Å². The van der Waals surface area contributed by atoms with Gasteiger partial charge >= 0.3 is 0 Å². The van der Waals surface area contributed by atoms with Gasteiger partial charge < -0.3 is 10.2 Å². The molecule has 2 heteroatoms. The lowest BCUT2D eigenvalue weighted by atomic mass is 9.77. The summed E-state index contributed by atoms with van der Waals surface area (Å²) in [7, 11) is 0. The molecule has 2 unspecified atom stereocenters. The van der Waals surface area contributed by atoms with Crippen molar-refractivity contribution in [1.29, 1.82) is 0 Å². The van der Waals surface area contributed by atoms with E-state index in [0.717, 1.165) is 6.42 Å². The highest BCUT2D eigenvalue weighted by Gasteiger charge is 2.22. The molecule has 2 aromatic rings. The summed E-state index contributed by atoms with van der Waals surface area (Å²) in [6.45, 7) is 6.81. The van der Waals surface area contributed by atoms with E-state index in [1.807, 2.05) is 24.3 Å². The zero-order valence-corrected chi connectivity index (χ0v) is 13.7. The predicted octanol–water partition coefficient (Wildman–Crippen LogP) is 5.30. The van der Waals surface area contributed by atoms with Crippen molar-refractivity contribution in [2.45, 2.75) is 39.5 Å². The Morgan fingerprint density at radius 1 is 0.773 bits per heavy atom. The number of phenols is 2. The molecule has 22 heavy (non-hydrogen) atoms. The highest BCUT2D eigenvalue weighted by molar-refractivity contribution is 5.38. The summed E-state index contributed by atoms with van der Waals surface area (Å²) in [5.41, 5.74) is 2.42. The summed E-state index contributed by atoms with van der Waals surface area (Å²) < 4.78 is 0. The minimum atomic E-state index is 0.273. The van der Waals surface area contributed by atoms with E-state index in [9.17, 15) is 10.2 Å². The van der Waals surface area contributed by atoms with Crippen molar-refractivity contribution in [1.82, 2.24) is 0 Å². The number of phenolic OH excluding ortho intramolecular Hbond substituents is 2. The van der Waals surface area contributed by atoms with Gasteiger partial charge in [-0.05, 0) is 53.6 Å². The third kappa shape index (κ3) is 4.03. The molecule has 0 aliphatic carbocycles. The van der Waals surface area contributed by atoms with E-state index in [4.69, 9.17) is 0 Å². The first-order valence-corrected chi connectivity index (χ1v) is 8.09. The van der Waals surface area contributed by atoms with Gasteiger partial charge in [-0.1, -0.05) is 51.5 Å². The van der Waals surface area contributed by atoms with Crippen LogP contribution in [0, 0.1) is 11.8 Å². The molecular weight excluding hydrogens is 272 g/mol. The average Bonchev–Trinajstić information content (AvgIpc) is 2.51. The van der Waals surface area contributed by atoms with Crippen LogP contribution in [0.15, 0.2) is 48.5 Å². The van der Waals surface area contributed by atoms with Gasteiger partial charge in [0, 0.05) is 5.92 Å². The maximum absolute atomic E-state index is 9.53. The number of hydrogen-bond donors (Lipinski definition) is 2. The van der Waals surface area contributed by atoms with Crippen molar-refractivity contribution < 1.29 is 10.2 Å². The van der Waals surface area contributed by atoms with Crippen molar-refractivity contribution in [2.24, 2.45) is 11.8 Å². The molecule has 0 fully saturated rings. The summed E-state index contributed by atoms with van der Waals surface area (Å²) in [6, 6.07) is 15.0. The first-order valence-electron chi connectivity index (χ1n) is 8.09. The summed E-state index contributed by atoms with van der Waals surface area (Å²) in [4.78, 5) is 0. The highest BCUT2D eigenvalue weighted by Crippen LogP contribution is 2.37. The monoisotopic (exact) mass is 298 g/mol. The van der Waals surface area contributed by atoms with Crippen LogP contribution in [0.25, 0.3) is 0 Å². The Morgan fingerprint density at radius 2 is 1.18 bits per heavy atom. The molecule has 0 amide bonds. The molecule has 0 saturated carbocycles. The van der Waals surface area contributed by atoms with E-state index in [2.05, 4.69) is 20.8 Å². The summed E-state index contributed by atoms with van der Waals surface area (Å²) in [5, 5.41) is 19.1. The molecule has 2 atom stereocenters. The average molecular weight is 298 g/mol. The van der Waals surface area contributed by atoms with Crippen LogP contribution < -0.4 is 0 Å². The molecule has 0 radical (unpaired) electrons. The summed E-state index contributed by atoms with van der Waals surface area (Å²) in [6.07, 6.45) is 2.34. The Kier molecular flexibility index (Phi) is 5.48. The molecule has 0 bridgehead atoms. The Morgan fingerprint density at radius 3 is 1.55 bits per heavy atom. The van der Waals surface area contributed by atoms with Crippen molar-refractivity contribution in [3.8, 4) is 11.5 Å². The first-order chi connectivity index (χ1) is 10.5. The Balaban J connectivity index is 2.35. The van der Waals surface area contributed by atoms with Crippen molar-refractivity contribution in [3.63, 3.8) is 0 Å². The number of rotatable bonds is 6. The zero-order chi connectivity index (χ0) is 16.1. The molecule has 0 spiro atoms. The Bertz CT molecular complexity index is 526. The quantitative estimate of drug-likeness (QED) is 0.759. The van der Waals surface area contributed by atoms with E-state index in [1.54, 1.807) is 24.3 Å². The summed E-state index contributed by atoms with van der Waals surface area (Å²) in [5.74, 6) is 2.04. The van der Waals surface area contributed by atoms with Gasteiger partial charge in [-0.15, -0.1) is 0 Å². The van der Waals surface area contributed by atoms with E-state index < -0.39 is 0 Å². The van der Waals surface area contributed by atoms with Gasteiger partial charge in [0.15, 0.2) is 0 Å². The fraction of sp³-hybridized carbons (Fsp3) is 0.400. The third-order valence-electron chi connectivity index (χ3n) is 4.54. The molecule has 2 rings (SSSR count). The second-order valence-corrected chi connectivity index (χ2v) is 6.39. The fourth-order valence-electron chi connectivity index (χ4n) is 3.15. The minimum Gasteiger partial charge on any atom is -0.508 e. The van der Waals surface area contributed by atoms with Crippen LogP contribution in [-0.2, 0) is 0 Å². The Hall–Kier alpha value is -1.96. The van der Waals surface area contributed by atoms with Gasteiger partial charge in [0.2, 0.25) is 0 Å². The van der Waals surface area contributed by atoms with Gasteiger partial charge in [-0.3, -0.25) is 0 Å². The highest BCUT2D eigenvalue weighted by atomic mass is 16.3. The number of benzene rings is 2. The number of hydrogen-bond acceptors (Lipinski definition) is 2. The summed E-state index contributed by atoms with van der Waals surface area (Å²) >= 11 is 0. The topological polar surface area (TPSA) is 40.5 Å². The van der Waals surface area contributed by atoms with Crippen LogP contribution in [-0.4, -0.2) is 10.2 Å². The molecule has 0 heterocycles. The van der Waals surface area contributed by atoms with Crippen LogP contribution in [0.3, 0.4) is 0 Å². The lowest BCUT2D eigenvalue weighted by molar-refractivity contribution is 0.376. The second-order valence-electron chi connectivity index (χ2n) is 6.39. The molecular formula is C20H26O2. The van der Waals surface area contributed by atoms with Gasteiger partial charge in [0.05, 0.1) is 0 Å². The largest absolute Gasteiger partial charge is 0.508 e. The molecule has 2 aromatic carbocycles. The first kappa shape index (κ1) is 16.4. The molecule has 118 valence electrons. The van der Waals surface area contributed by atoms with Crippen molar-refractivity contribution >= 4 is 0 Å². The molecule has 0 aliphatic rings. The lowest BCUT2D eigenvalue weighted by Gasteiger charge is -2.27. The van der Waals surface area contributed by atoms with Gasteiger partial charge in [-0.25, -0.2) is 0 Å². The van der Waals surface area contributed by atoms with E-state index >= 15 is 0 Å². The van der Waals surface area contributed by atoms with E-state index in [-0.39, 0.29) is 5.92 Å². The van der Waals surface area contributed by atoms with Crippen LogP contribution in [0.5, 0.6) is 11.5 Å². The fourth-order valence-corrected chi connectivity index (χ4v) is 3.15. The minimum absolute atomic E-state index is 0.273. The van der Waals surface area contributed by atoms with E-state index in [1.165, 1.54) is 17.5 Å². The van der Waals surface area contributed by atoms with E-state index in [0.29, 0.717) is 23.3 Å². The third-order valence-corrected chi connectivity index (χ3v) is 4.54. The standard InChI is InChI=1S/C20H26O2/c1-4-14(2)13-15(3)20(16-5-9-18(21)10-6-16)17-7-11-19(22)12-8-17/h5-12,14-15,20-22H,4,13H2,1-3H3. The van der Waals surface area contributed by atoms with Crippen LogP contribution in [0.1, 0.15) is 50.7 Å². The maximum Gasteiger partial charge on any atom is 0.115 e. The Labute approximate surface area is 133 Å². The van der Waals surface area contributed by atoms with Crippen molar-refractivity contribution in [2.75, 3.05) is 0 Å². The zero-order valence-electron chi connectivity index (χ0n) is 13.7. The van der Waals surface area contributed by atoms with Crippen LogP contribution in [0.2, 0.25) is 0 Å². The normalized spacial score (nSPS) is 14.0. The molecule has 2 nitrogen and oxygen atoms in total. The maximum atomic E-state index is 9.53. The second kappa shape index (κ2) is 7.35. The molecule has 0 aromatic heterocycles. The number of aromatic hydroxyl groups is 2. The van der Waals surface area contributed by atoms with Crippen LogP contribution in [0.4, 0.5) is 0 Å². The lowest BCUT2D eigenvalue weighted by Crippen LogP contribution is -2.14.